The largest absolute Gasteiger partial charge is 0.328 e. The first-order chi connectivity index (χ1) is 10.7. The molecule has 22 heavy (non-hydrogen) atoms. The Morgan fingerprint density at radius 2 is 1.18 bits per heavy atom. The van der Waals surface area contributed by atoms with Gasteiger partial charge in [0.15, 0.2) is 0 Å². The summed E-state index contributed by atoms with van der Waals surface area (Å²) in [5.41, 5.74) is 0. The van der Waals surface area contributed by atoms with Crippen LogP contribution in [0.3, 0.4) is 0 Å². The van der Waals surface area contributed by atoms with Crippen LogP contribution in [-0.4, -0.2) is 25.8 Å². The molecule has 0 aromatic heterocycles. The summed E-state index contributed by atoms with van der Waals surface area (Å²) in [5.74, 6) is -0.923. The molecule has 0 aliphatic heterocycles. The Balaban J connectivity index is 4.15. The maximum Gasteiger partial charge on any atom is 0.279 e. The summed E-state index contributed by atoms with van der Waals surface area (Å²) in [5, 5.41) is 0. The molecule has 0 bridgehead atoms. The third-order valence-electron chi connectivity index (χ3n) is 3.21. The molecular weight excluding hydrogens is 276 g/mol. The van der Waals surface area contributed by atoms with E-state index in [4.69, 9.17) is 14.2 Å². The molecule has 0 atom stereocenters. The molecule has 130 valence electrons. The van der Waals surface area contributed by atoms with Crippen LogP contribution in [0.5, 0.6) is 0 Å². The van der Waals surface area contributed by atoms with Gasteiger partial charge in [0.2, 0.25) is 0 Å². The van der Waals surface area contributed by atoms with Crippen LogP contribution in [0.2, 0.25) is 0 Å². The van der Waals surface area contributed by atoms with Crippen molar-refractivity contribution in [3.8, 4) is 0 Å². The first-order valence-electron chi connectivity index (χ1n) is 8.90. The fourth-order valence-electron chi connectivity index (χ4n) is 1.93. The van der Waals surface area contributed by atoms with Gasteiger partial charge in [-0.05, 0) is 32.1 Å². The Bertz CT molecular complexity index is 264. The van der Waals surface area contributed by atoms with Gasteiger partial charge >= 0.3 is 0 Å². The van der Waals surface area contributed by atoms with Gasteiger partial charge in [-0.2, -0.15) is 0 Å². The van der Waals surface area contributed by atoms with Crippen molar-refractivity contribution in [1.82, 2.24) is 0 Å². The van der Waals surface area contributed by atoms with Gasteiger partial charge in [0, 0.05) is 6.92 Å². The lowest BCUT2D eigenvalue weighted by Crippen LogP contribution is -2.37. The zero-order chi connectivity index (χ0) is 16.5. The minimum absolute atomic E-state index is 0.617. The van der Waals surface area contributed by atoms with E-state index in [1.54, 1.807) is 0 Å². The van der Waals surface area contributed by atoms with E-state index >= 15 is 0 Å². The molecule has 0 rings (SSSR count). The van der Waals surface area contributed by atoms with E-state index in [1.807, 2.05) is 6.92 Å². The first-order valence-corrected chi connectivity index (χ1v) is 8.90. The van der Waals surface area contributed by atoms with Crippen LogP contribution in [-0.2, 0) is 14.2 Å². The summed E-state index contributed by atoms with van der Waals surface area (Å²) in [6.45, 7) is 10.2. The first kappa shape index (κ1) is 21.4. The number of hydrogen-bond acceptors (Lipinski definition) is 3. The van der Waals surface area contributed by atoms with Crippen molar-refractivity contribution in [2.24, 2.45) is 0 Å². The van der Waals surface area contributed by atoms with E-state index in [9.17, 15) is 0 Å². The van der Waals surface area contributed by atoms with E-state index in [0.29, 0.717) is 19.8 Å². The standard InChI is InChI=1S/C19H36O3/c1-5-8-11-14-17-21-19(4,20-16-13-10-7-3)22-18-15-12-9-6-2/h8-9,11-12H,5-7,10,13-18H2,1-4H3/b11-8-,12-9-. The quantitative estimate of drug-likeness (QED) is 0.223. The second-order valence-electron chi connectivity index (χ2n) is 5.45. The SMILES string of the molecule is CC/C=C\CCOC(C)(OCC/C=C\CC)OCCCCC. The molecule has 0 unspecified atom stereocenters. The predicted molar refractivity (Wildman–Crippen MR) is 93.9 cm³/mol. The fraction of sp³-hybridized carbons (Fsp3) is 0.789. The summed E-state index contributed by atoms with van der Waals surface area (Å²) in [6.07, 6.45) is 15.9. The average Bonchev–Trinajstić information content (AvgIpc) is 2.51. The molecule has 0 fully saturated rings. The molecule has 0 aliphatic carbocycles. The highest BCUT2D eigenvalue weighted by atomic mass is 16.9. The van der Waals surface area contributed by atoms with Gasteiger partial charge in [-0.25, -0.2) is 0 Å². The van der Waals surface area contributed by atoms with Crippen molar-refractivity contribution < 1.29 is 14.2 Å². The Hall–Kier alpha value is -0.640. The Labute approximate surface area is 137 Å². The molecule has 0 radical (unpaired) electrons. The molecule has 0 amide bonds. The van der Waals surface area contributed by atoms with Crippen LogP contribution in [0.25, 0.3) is 0 Å². The highest BCUT2D eigenvalue weighted by molar-refractivity contribution is 4.80. The van der Waals surface area contributed by atoms with Crippen LogP contribution < -0.4 is 0 Å². The van der Waals surface area contributed by atoms with Crippen molar-refractivity contribution >= 4 is 0 Å². The molecule has 0 spiro atoms. The molecule has 0 aliphatic rings. The summed E-state index contributed by atoms with van der Waals surface area (Å²) in [4.78, 5) is 0. The molecule has 3 heteroatoms. The summed E-state index contributed by atoms with van der Waals surface area (Å²) >= 11 is 0. The smallest absolute Gasteiger partial charge is 0.279 e. The third-order valence-corrected chi connectivity index (χ3v) is 3.21. The van der Waals surface area contributed by atoms with E-state index in [-0.39, 0.29) is 0 Å². The second-order valence-corrected chi connectivity index (χ2v) is 5.45. The highest BCUT2D eigenvalue weighted by Gasteiger charge is 2.26. The van der Waals surface area contributed by atoms with Crippen molar-refractivity contribution in [1.29, 1.82) is 0 Å². The van der Waals surface area contributed by atoms with Gasteiger partial charge < -0.3 is 14.2 Å². The van der Waals surface area contributed by atoms with Gasteiger partial charge in [0.25, 0.3) is 5.97 Å². The molecular formula is C19H36O3. The molecule has 0 saturated carbocycles. The highest BCUT2D eigenvalue weighted by Crippen LogP contribution is 2.17. The van der Waals surface area contributed by atoms with Gasteiger partial charge in [-0.1, -0.05) is 57.9 Å². The van der Waals surface area contributed by atoms with Gasteiger partial charge in [-0.3, -0.25) is 0 Å². The maximum atomic E-state index is 5.85. The van der Waals surface area contributed by atoms with Crippen molar-refractivity contribution in [3.63, 3.8) is 0 Å². The van der Waals surface area contributed by atoms with Gasteiger partial charge in [0.1, 0.15) is 0 Å². The minimum Gasteiger partial charge on any atom is -0.328 e. The molecule has 0 aromatic rings. The van der Waals surface area contributed by atoms with Crippen LogP contribution >= 0.6 is 0 Å². The maximum absolute atomic E-state index is 5.85. The van der Waals surface area contributed by atoms with E-state index in [2.05, 4.69) is 45.1 Å². The van der Waals surface area contributed by atoms with Crippen molar-refractivity contribution in [2.75, 3.05) is 19.8 Å². The number of ether oxygens (including phenoxy) is 3. The topological polar surface area (TPSA) is 27.7 Å². The Morgan fingerprint density at radius 3 is 1.64 bits per heavy atom. The van der Waals surface area contributed by atoms with Crippen LogP contribution in [0.4, 0.5) is 0 Å². The monoisotopic (exact) mass is 312 g/mol. The van der Waals surface area contributed by atoms with Gasteiger partial charge in [0.05, 0.1) is 19.8 Å². The van der Waals surface area contributed by atoms with E-state index in [1.165, 1.54) is 12.8 Å². The second kappa shape index (κ2) is 15.3. The van der Waals surface area contributed by atoms with Crippen molar-refractivity contribution in [2.45, 2.75) is 78.6 Å². The molecule has 0 N–H and O–H groups in total. The molecule has 0 aromatic carbocycles. The Morgan fingerprint density at radius 1 is 0.682 bits per heavy atom. The van der Waals surface area contributed by atoms with Crippen LogP contribution in [0.1, 0.15) is 72.6 Å². The molecule has 3 nitrogen and oxygen atoms in total. The molecule has 0 saturated heterocycles. The van der Waals surface area contributed by atoms with Crippen LogP contribution in [0, 0.1) is 0 Å². The number of hydrogen-bond donors (Lipinski definition) is 0. The summed E-state index contributed by atoms with van der Waals surface area (Å²) < 4.78 is 17.5. The fourth-order valence-corrected chi connectivity index (χ4v) is 1.93. The predicted octanol–water partition coefficient (Wildman–Crippen LogP) is 5.61. The average molecular weight is 312 g/mol. The normalized spacial score (nSPS) is 12.7. The zero-order valence-electron chi connectivity index (χ0n) is 15.1. The lowest BCUT2D eigenvalue weighted by atomic mass is 10.3. The Kier molecular flexibility index (Phi) is 14.8. The van der Waals surface area contributed by atoms with E-state index in [0.717, 1.165) is 32.1 Å². The number of rotatable bonds is 15. The van der Waals surface area contributed by atoms with E-state index < -0.39 is 5.97 Å². The summed E-state index contributed by atoms with van der Waals surface area (Å²) in [7, 11) is 0. The van der Waals surface area contributed by atoms with Gasteiger partial charge in [-0.15, -0.1) is 0 Å². The minimum atomic E-state index is -0.923. The third kappa shape index (κ3) is 13.1. The van der Waals surface area contributed by atoms with Crippen LogP contribution in [0.15, 0.2) is 24.3 Å². The molecule has 0 heterocycles. The zero-order valence-corrected chi connectivity index (χ0v) is 15.1. The van der Waals surface area contributed by atoms with Crippen molar-refractivity contribution in [3.05, 3.63) is 24.3 Å². The number of unbranched alkanes of at least 4 members (excludes halogenated alkanes) is 2. The summed E-state index contributed by atoms with van der Waals surface area (Å²) in [6, 6.07) is 0. The lowest BCUT2D eigenvalue weighted by Gasteiger charge is -2.29. The lowest BCUT2D eigenvalue weighted by molar-refractivity contribution is -0.369. The number of allylic oxidation sites excluding steroid dienone is 2.